The van der Waals surface area contributed by atoms with Crippen LogP contribution in [0.15, 0.2) is 42.7 Å². The Bertz CT molecular complexity index is 788. The molecule has 2 heterocycles. The van der Waals surface area contributed by atoms with Gasteiger partial charge in [-0.1, -0.05) is 30.3 Å². The van der Waals surface area contributed by atoms with Gasteiger partial charge in [-0.25, -0.2) is 0 Å². The highest BCUT2D eigenvalue weighted by atomic mass is 16.5. The molecule has 2 aromatic rings. The number of carbonyl (C=O) groups excluding carboxylic acids is 2. The normalized spacial score (nSPS) is 20.1. The molecule has 144 valence electrons. The molecule has 0 spiro atoms. The molecule has 1 fully saturated rings. The minimum atomic E-state index is -0.756. The molecule has 3 rings (SSSR count). The molecular weight excluding hydrogens is 344 g/mol. The van der Waals surface area contributed by atoms with Gasteiger partial charge in [0.15, 0.2) is 6.10 Å². The van der Waals surface area contributed by atoms with Gasteiger partial charge in [0.2, 0.25) is 5.91 Å². The van der Waals surface area contributed by atoms with Crippen LogP contribution in [0.25, 0.3) is 0 Å². The van der Waals surface area contributed by atoms with Crippen LogP contribution < -0.4 is 5.32 Å². The maximum absolute atomic E-state index is 12.9. The first-order valence-electron chi connectivity index (χ1n) is 9.28. The van der Waals surface area contributed by atoms with Gasteiger partial charge in [-0.3, -0.25) is 14.3 Å². The summed E-state index contributed by atoms with van der Waals surface area (Å²) in [5, 5.41) is 7.14. The van der Waals surface area contributed by atoms with E-state index < -0.39 is 12.1 Å². The smallest absolute Gasteiger partial charge is 0.251 e. The monoisotopic (exact) mass is 370 g/mol. The highest BCUT2D eigenvalue weighted by Gasteiger charge is 2.42. The van der Waals surface area contributed by atoms with Gasteiger partial charge < -0.3 is 15.0 Å². The number of rotatable bonds is 6. The number of nitrogens with one attached hydrogen (secondary N) is 1. The summed E-state index contributed by atoms with van der Waals surface area (Å²) in [5.41, 5.74) is 1.81. The van der Waals surface area contributed by atoms with Crippen molar-refractivity contribution in [3.63, 3.8) is 0 Å². The number of benzene rings is 1. The van der Waals surface area contributed by atoms with E-state index >= 15 is 0 Å². The summed E-state index contributed by atoms with van der Waals surface area (Å²) in [4.78, 5) is 27.1. The van der Waals surface area contributed by atoms with Crippen LogP contribution in [0.2, 0.25) is 0 Å². The van der Waals surface area contributed by atoms with Gasteiger partial charge in [0.05, 0.1) is 12.2 Å². The first-order chi connectivity index (χ1) is 13.0. The van der Waals surface area contributed by atoms with Gasteiger partial charge in [-0.05, 0) is 26.3 Å². The summed E-state index contributed by atoms with van der Waals surface area (Å²) in [6.45, 7) is 6.97. The van der Waals surface area contributed by atoms with Gasteiger partial charge in [-0.2, -0.15) is 5.10 Å². The lowest BCUT2D eigenvalue weighted by Crippen LogP contribution is -2.56. The van der Waals surface area contributed by atoms with E-state index in [-0.39, 0.29) is 24.5 Å². The third kappa shape index (κ3) is 4.19. The van der Waals surface area contributed by atoms with Gasteiger partial charge in [-0.15, -0.1) is 0 Å². The molecule has 1 aliphatic rings. The van der Waals surface area contributed by atoms with Crippen molar-refractivity contribution in [2.24, 2.45) is 0 Å². The van der Waals surface area contributed by atoms with Crippen LogP contribution in [0.4, 0.5) is 0 Å². The fourth-order valence-corrected chi connectivity index (χ4v) is 3.40. The van der Waals surface area contributed by atoms with Crippen molar-refractivity contribution in [2.45, 2.75) is 52.0 Å². The lowest BCUT2D eigenvalue weighted by molar-refractivity contribution is -0.167. The van der Waals surface area contributed by atoms with Crippen molar-refractivity contribution in [3.05, 3.63) is 53.9 Å². The zero-order valence-corrected chi connectivity index (χ0v) is 16.0. The van der Waals surface area contributed by atoms with Crippen LogP contribution in [-0.2, 0) is 27.4 Å². The lowest BCUT2D eigenvalue weighted by atomic mass is 9.95. The number of amides is 2. The minimum Gasteiger partial charge on any atom is -0.356 e. The van der Waals surface area contributed by atoms with E-state index in [0.29, 0.717) is 6.54 Å². The average Bonchev–Trinajstić information content (AvgIpc) is 3.14. The highest BCUT2D eigenvalue weighted by Crippen LogP contribution is 2.32. The van der Waals surface area contributed by atoms with Gasteiger partial charge >= 0.3 is 0 Å². The Labute approximate surface area is 159 Å². The second-order valence-electron chi connectivity index (χ2n) is 6.90. The molecule has 7 nitrogen and oxygen atoms in total. The summed E-state index contributed by atoms with van der Waals surface area (Å²) in [7, 11) is 0. The molecule has 0 saturated carbocycles. The van der Waals surface area contributed by atoms with Crippen molar-refractivity contribution in [3.8, 4) is 0 Å². The Kier molecular flexibility index (Phi) is 5.91. The fourth-order valence-electron chi connectivity index (χ4n) is 3.40. The molecule has 0 radical (unpaired) electrons. The Morgan fingerprint density at radius 1 is 1.33 bits per heavy atom. The largest absolute Gasteiger partial charge is 0.356 e. The summed E-state index contributed by atoms with van der Waals surface area (Å²) < 4.78 is 7.50. The molecule has 1 N–H and O–H groups in total. The van der Waals surface area contributed by atoms with E-state index in [2.05, 4.69) is 10.4 Å². The van der Waals surface area contributed by atoms with Crippen molar-refractivity contribution >= 4 is 11.8 Å². The van der Waals surface area contributed by atoms with E-state index in [1.54, 1.807) is 11.1 Å². The molecular formula is C20H26N4O3. The lowest BCUT2D eigenvalue weighted by Gasteiger charge is -2.42. The van der Waals surface area contributed by atoms with E-state index in [4.69, 9.17) is 4.74 Å². The van der Waals surface area contributed by atoms with Crippen LogP contribution in [0.3, 0.4) is 0 Å². The van der Waals surface area contributed by atoms with Gasteiger partial charge in [0, 0.05) is 30.9 Å². The van der Waals surface area contributed by atoms with E-state index in [1.807, 2.05) is 62.0 Å². The zero-order chi connectivity index (χ0) is 19.4. The first kappa shape index (κ1) is 19.1. The number of hydrogen-bond donors (Lipinski definition) is 1. The molecule has 0 unspecified atom stereocenters. The van der Waals surface area contributed by atoms with E-state index in [9.17, 15) is 9.59 Å². The molecule has 2 amide bonds. The van der Waals surface area contributed by atoms with Crippen molar-refractivity contribution in [2.75, 3.05) is 6.61 Å². The molecule has 1 aromatic heterocycles. The number of aromatic nitrogens is 2. The predicted molar refractivity (Wildman–Crippen MR) is 101 cm³/mol. The molecule has 2 atom stereocenters. The molecule has 27 heavy (non-hydrogen) atoms. The number of nitrogens with zero attached hydrogens (tertiary/aromatic N) is 3. The van der Waals surface area contributed by atoms with Gasteiger partial charge in [0.25, 0.3) is 5.91 Å². The first-order valence-corrected chi connectivity index (χ1v) is 9.28. The summed E-state index contributed by atoms with van der Waals surface area (Å²) in [5.74, 6) is -0.335. The Morgan fingerprint density at radius 3 is 2.70 bits per heavy atom. The number of morpholine rings is 1. The maximum Gasteiger partial charge on any atom is 0.251 e. The maximum atomic E-state index is 12.9. The van der Waals surface area contributed by atoms with Crippen molar-refractivity contribution < 1.29 is 14.3 Å². The third-order valence-corrected chi connectivity index (χ3v) is 4.69. The Hall–Kier alpha value is -2.67. The van der Waals surface area contributed by atoms with Crippen LogP contribution in [0.1, 0.15) is 37.9 Å². The second-order valence-corrected chi connectivity index (χ2v) is 6.90. The zero-order valence-electron chi connectivity index (χ0n) is 16.0. The molecule has 0 bridgehead atoms. The van der Waals surface area contributed by atoms with Crippen molar-refractivity contribution in [1.82, 2.24) is 20.0 Å². The number of ether oxygens (including phenoxy) is 1. The molecule has 1 saturated heterocycles. The van der Waals surface area contributed by atoms with Gasteiger partial charge in [0.1, 0.15) is 6.61 Å². The predicted octanol–water partition coefficient (Wildman–Crippen LogP) is 1.90. The number of aryl methyl sites for hydroxylation is 1. The second kappa shape index (κ2) is 8.35. The van der Waals surface area contributed by atoms with E-state index in [1.165, 1.54) is 0 Å². The van der Waals surface area contributed by atoms with Crippen LogP contribution in [-0.4, -0.2) is 45.2 Å². The average molecular weight is 370 g/mol. The van der Waals surface area contributed by atoms with E-state index in [0.717, 1.165) is 17.7 Å². The SMILES string of the molecule is CCn1cc(CNC(=O)[C@H]2OCC(=O)N(C(C)C)[C@@H]2c2ccccc2)cn1. The number of hydrogen-bond acceptors (Lipinski definition) is 4. The molecule has 0 aliphatic carbocycles. The summed E-state index contributed by atoms with van der Waals surface area (Å²) >= 11 is 0. The highest BCUT2D eigenvalue weighted by molar-refractivity contribution is 5.86. The summed E-state index contributed by atoms with van der Waals surface area (Å²) in [6.07, 6.45) is 2.89. The third-order valence-electron chi connectivity index (χ3n) is 4.69. The Morgan fingerprint density at radius 2 is 2.07 bits per heavy atom. The Balaban J connectivity index is 1.80. The van der Waals surface area contributed by atoms with Crippen LogP contribution in [0, 0.1) is 0 Å². The summed E-state index contributed by atoms with van der Waals surface area (Å²) in [6, 6.07) is 9.08. The van der Waals surface area contributed by atoms with Crippen LogP contribution in [0.5, 0.6) is 0 Å². The molecule has 1 aromatic carbocycles. The quantitative estimate of drug-likeness (QED) is 0.843. The van der Waals surface area contributed by atoms with Crippen LogP contribution >= 0.6 is 0 Å². The number of carbonyl (C=O) groups is 2. The minimum absolute atomic E-state index is 0.0373. The fraction of sp³-hybridized carbons (Fsp3) is 0.450. The molecule has 7 heteroatoms. The topological polar surface area (TPSA) is 76.5 Å². The molecule has 1 aliphatic heterocycles. The van der Waals surface area contributed by atoms with Crippen molar-refractivity contribution in [1.29, 1.82) is 0 Å². The standard InChI is InChI=1S/C20H26N4O3/c1-4-23-12-15(11-22-23)10-21-20(26)19-18(16-8-6-5-7-9-16)24(14(2)3)17(25)13-27-19/h5-9,11-12,14,18-19H,4,10,13H2,1-3H3,(H,21,26)/t18-,19+/m1/s1.